The van der Waals surface area contributed by atoms with Gasteiger partial charge < -0.3 is 15.2 Å². The van der Waals surface area contributed by atoms with Crippen LogP contribution in [0.1, 0.15) is 26.7 Å². The molecule has 0 aromatic heterocycles. The highest BCUT2D eigenvalue weighted by atomic mass is 16.5. The average molecular weight is 287 g/mol. The van der Waals surface area contributed by atoms with E-state index in [-0.39, 0.29) is 18.4 Å². The van der Waals surface area contributed by atoms with Crippen LogP contribution < -0.4 is 10.7 Å². The van der Waals surface area contributed by atoms with Gasteiger partial charge in [-0.25, -0.2) is 9.80 Å². The molecule has 20 heavy (non-hydrogen) atoms. The predicted octanol–water partition coefficient (Wildman–Crippen LogP) is 0.670. The third-order valence-corrected chi connectivity index (χ3v) is 3.09. The summed E-state index contributed by atoms with van der Waals surface area (Å²) in [5, 5.41) is 13.4. The molecule has 0 aliphatic carbocycles. The molecule has 7 heteroatoms. The van der Waals surface area contributed by atoms with Crippen molar-refractivity contribution < 1.29 is 19.4 Å². The highest BCUT2D eigenvalue weighted by Crippen LogP contribution is 2.14. The number of carboxylic acids is 1. The standard InChI is InChI=1S/C13H25N3O4/c1-10(2)7-11(8-12(17)18)9-14-13(19)15-16-3-5-20-6-4-16/h10-11H,3-9H2,1-2H3,(H,17,18)(H2,14,15,19)/t11-/m0/s1. The third-order valence-electron chi connectivity index (χ3n) is 3.09. The number of nitrogens with one attached hydrogen (secondary N) is 2. The van der Waals surface area contributed by atoms with E-state index in [4.69, 9.17) is 9.84 Å². The number of morpholine rings is 1. The van der Waals surface area contributed by atoms with Crippen LogP contribution in [0.5, 0.6) is 0 Å². The van der Waals surface area contributed by atoms with Crippen LogP contribution in [-0.4, -0.2) is 55.0 Å². The topological polar surface area (TPSA) is 90.9 Å². The molecule has 0 spiro atoms. The van der Waals surface area contributed by atoms with Crippen molar-refractivity contribution in [2.24, 2.45) is 11.8 Å². The maximum atomic E-state index is 11.7. The summed E-state index contributed by atoms with van der Waals surface area (Å²) in [5.41, 5.74) is 2.74. The van der Waals surface area contributed by atoms with Crippen molar-refractivity contribution in [3.63, 3.8) is 0 Å². The Kier molecular flexibility index (Phi) is 7.32. The number of nitrogens with zero attached hydrogens (tertiary/aromatic N) is 1. The molecule has 0 bridgehead atoms. The Balaban J connectivity index is 2.29. The number of amides is 2. The smallest absolute Gasteiger partial charge is 0.329 e. The number of aliphatic carboxylic acids is 1. The molecule has 1 saturated heterocycles. The highest BCUT2D eigenvalue weighted by Gasteiger charge is 2.17. The van der Waals surface area contributed by atoms with Crippen LogP contribution in [0, 0.1) is 11.8 Å². The van der Waals surface area contributed by atoms with Gasteiger partial charge in [0.15, 0.2) is 0 Å². The van der Waals surface area contributed by atoms with E-state index < -0.39 is 5.97 Å². The molecule has 3 N–H and O–H groups in total. The molecule has 1 fully saturated rings. The zero-order valence-electron chi connectivity index (χ0n) is 12.2. The lowest BCUT2D eigenvalue weighted by Crippen LogP contribution is -2.52. The molecule has 1 aliphatic heterocycles. The molecule has 1 atom stereocenters. The maximum Gasteiger partial charge on any atom is 0.329 e. The molecule has 2 amide bonds. The first-order chi connectivity index (χ1) is 9.47. The Morgan fingerprint density at radius 2 is 1.95 bits per heavy atom. The Bertz CT molecular complexity index is 317. The summed E-state index contributed by atoms with van der Waals surface area (Å²) in [4.78, 5) is 22.5. The van der Waals surface area contributed by atoms with Crippen LogP contribution in [-0.2, 0) is 9.53 Å². The second kappa shape index (κ2) is 8.76. The van der Waals surface area contributed by atoms with E-state index in [9.17, 15) is 9.59 Å². The van der Waals surface area contributed by atoms with Crippen molar-refractivity contribution in [2.75, 3.05) is 32.8 Å². The number of hydrogen-bond donors (Lipinski definition) is 3. The van der Waals surface area contributed by atoms with Gasteiger partial charge in [-0.15, -0.1) is 0 Å². The van der Waals surface area contributed by atoms with Gasteiger partial charge in [-0.2, -0.15) is 0 Å². The quantitative estimate of drug-likeness (QED) is 0.640. The molecular weight excluding hydrogens is 262 g/mol. The van der Waals surface area contributed by atoms with E-state index in [1.807, 2.05) is 13.8 Å². The SMILES string of the molecule is CC(C)C[C@H](CNC(=O)NN1CCOCC1)CC(=O)O. The minimum atomic E-state index is -0.828. The van der Waals surface area contributed by atoms with Crippen LogP contribution in [0.2, 0.25) is 0 Å². The second-order valence-electron chi connectivity index (χ2n) is 5.51. The minimum Gasteiger partial charge on any atom is -0.481 e. The van der Waals surface area contributed by atoms with Crippen molar-refractivity contribution in [1.29, 1.82) is 0 Å². The van der Waals surface area contributed by atoms with E-state index in [1.54, 1.807) is 5.01 Å². The Labute approximate surface area is 119 Å². The number of carbonyl (C=O) groups excluding carboxylic acids is 1. The van der Waals surface area contributed by atoms with Crippen LogP contribution in [0.3, 0.4) is 0 Å². The summed E-state index contributed by atoms with van der Waals surface area (Å²) in [5.74, 6) is -0.461. The molecule has 0 saturated carbocycles. The van der Waals surface area contributed by atoms with Gasteiger partial charge in [0.25, 0.3) is 0 Å². The molecule has 0 unspecified atom stereocenters. The van der Waals surface area contributed by atoms with E-state index in [2.05, 4.69) is 10.7 Å². The van der Waals surface area contributed by atoms with E-state index in [1.165, 1.54) is 0 Å². The number of carboxylic acid groups (broad SMARTS) is 1. The summed E-state index contributed by atoms with van der Waals surface area (Å²) in [6, 6.07) is -0.286. The van der Waals surface area contributed by atoms with Crippen LogP contribution >= 0.6 is 0 Å². The second-order valence-corrected chi connectivity index (χ2v) is 5.51. The number of hydrogen-bond acceptors (Lipinski definition) is 4. The first kappa shape index (κ1) is 16.7. The fourth-order valence-electron chi connectivity index (χ4n) is 2.25. The number of ether oxygens (including phenoxy) is 1. The lowest BCUT2D eigenvalue weighted by Gasteiger charge is -2.27. The number of carbonyl (C=O) groups is 2. The lowest BCUT2D eigenvalue weighted by atomic mass is 9.94. The van der Waals surface area contributed by atoms with E-state index in [0.29, 0.717) is 38.8 Å². The van der Waals surface area contributed by atoms with Crippen LogP contribution in [0.15, 0.2) is 0 Å². The van der Waals surface area contributed by atoms with Gasteiger partial charge in [-0.1, -0.05) is 13.8 Å². The summed E-state index contributed by atoms with van der Waals surface area (Å²) >= 11 is 0. The van der Waals surface area contributed by atoms with Gasteiger partial charge in [0.05, 0.1) is 13.2 Å². The zero-order chi connectivity index (χ0) is 15.0. The molecule has 0 aromatic rings. The fourth-order valence-corrected chi connectivity index (χ4v) is 2.25. The van der Waals surface area contributed by atoms with Crippen molar-refractivity contribution in [3.8, 4) is 0 Å². The first-order valence-electron chi connectivity index (χ1n) is 7.06. The highest BCUT2D eigenvalue weighted by molar-refractivity contribution is 5.73. The summed E-state index contributed by atoms with van der Waals surface area (Å²) in [7, 11) is 0. The van der Waals surface area contributed by atoms with E-state index >= 15 is 0 Å². The molecule has 1 rings (SSSR count). The maximum absolute atomic E-state index is 11.7. The van der Waals surface area contributed by atoms with Gasteiger partial charge in [0.1, 0.15) is 0 Å². The summed E-state index contributed by atoms with van der Waals surface area (Å²) in [6.45, 7) is 7.01. The van der Waals surface area contributed by atoms with Crippen molar-refractivity contribution >= 4 is 12.0 Å². The number of urea groups is 1. The zero-order valence-corrected chi connectivity index (χ0v) is 12.2. The monoisotopic (exact) mass is 287 g/mol. The van der Waals surface area contributed by atoms with Gasteiger partial charge in [-0.05, 0) is 18.3 Å². The fraction of sp³-hybridized carbons (Fsp3) is 0.846. The van der Waals surface area contributed by atoms with Gasteiger partial charge >= 0.3 is 12.0 Å². The number of hydrazine groups is 1. The molecule has 0 radical (unpaired) electrons. The Hall–Kier alpha value is -1.34. The summed E-state index contributed by atoms with van der Waals surface area (Å²) in [6.07, 6.45) is 0.861. The summed E-state index contributed by atoms with van der Waals surface area (Å²) < 4.78 is 5.19. The van der Waals surface area contributed by atoms with Gasteiger partial charge in [0, 0.05) is 26.1 Å². The Morgan fingerprint density at radius 1 is 1.30 bits per heavy atom. The van der Waals surface area contributed by atoms with Gasteiger partial charge in [0.2, 0.25) is 0 Å². The van der Waals surface area contributed by atoms with Gasteiger partial charge in [-0.3, -0.25) is 10.2 Å². The number of rotatable bonds is 7. The molecule has 116 valence electrons. The van der Waals surface area contributed by atoms with Crippen molar-refractivity contribution in [1.82, 2.24) is 15.8 Å². The Morgan fingerprint density at radius 3 is 2.50 bits per heavy atom. The molecule has 1 aliphatic rings. The normalized spacial score (nSPS) is 17.8. The molecule has 0 aromatic carbocycles. The van der Waals surface area contributed by atoms with E-state index in [0.717, 1.165) is 6.42 Å². The largest absolute Gasteiger partial charge is 0.481 e. The van der Waals surface area contributed by atoms with Crippen molar-refractivity contribution in [2.45, 2.75) is 26.7 Å². The lowest BCUT2D eigenvalue weighted by molar-refractivity contribution is -0.138. The third kappa shape index (κ3) is 7.30. The molecular formula is C13H25N3O4. The molecule has 1 heterocycles. The predicted molar refractivity (Wildman–Crippen MR) is 74.1 cm³/mol. The first-order valence-corrected chi connectivity index (χ1v) is 7.06. The average Bonchev–Trinajstić information content (AvgIpc) is 2.36. The van der Waals surface area contributed by atoms with Crippen LogP contribution in [0.25, 0.3) is 0 Å². The van der Waals surface area contributed by atoms with Crippen LogP contribution in [0.4, 0.5) is 4.79 Å². The van der Waals surface area contributed by atoms with Crippen molar-refractivity contribution in [3.05, 3.63) is 0 Å². The minimum absolute atomic E-state index is 0.0389. The molecule has 7 nitrogen and oxygen atoms in total.